The third kappa shape index (κ3) is 3.80. The van der Waals surface area contributed by atoms with Crippen molar-refractivity contribution in [2.24, 2.45) is 7.05 Å². The van der Waals surface area contributed by atoms with Crippen LogP contribution in [0.1, 0.15) is 18.5 Å². The predicted molar refractivity (Wildman–Crippen MR) is 144 cm³/mol. The van der Waals surface area contributed by atoms with Crippen molar-refractivity contribution in [3.63, 3.8) is 0 Å². The van der Waals surface area contributed by atoms with E-state index in [1.807, 2.05) is 36.5 Å². The fourth-order valence-electron chi connectivity index (χ4n) is 4.92. The van der Waals surface area contributed by atoms with E-state index in [9.17, 15) is 0 Å². The van der Waals surface area contributed by atoms with Crippen LogP contribution in [-0.2, 0) is 7.05 Å². The van der Waals surface area contributed by atoms with E-state index in [4.69, 9.17) is 4.98 Å². The van der Waals surface area contributed by atoms with Crippen molar-refractivity contribution in [2.45, 2.75) is 13.0 Å². The zero-order valence-electron chi connectivity index (χ0n) is 20.9. The number of pyridine rings is 2. The molecule has 5 heterocycles. The summed E-state index contributed by atoms with van der Waals surface area (Å²) >= 11 is 0. The van der Waals surface area contributed by atoms with Crippen LogP contribution in [0.5, 0.6) is 0 Å². The standard InChI is InChI=1S/C29H20F2N8/c1-16(26-22(30)10-24-21(27(26)31)8-19(11-33-24)20-12-36-38(2)14-20)39-15-35-28-29(39)37-25(13-34-28)18-6-5-17-4-3-7-32-23(17)9-18/h3-16H,1-2H3. The molecule has 0 aliphatic rings. The average Bonchev–Trinajstić information content (AvgIpc) is 3.58. The summed E-state index contributed by atoms with van der Waals surface area (Å²) in [4.78, 5) is 22.3. The third-order valence-corrected chi connectivity index (χ3v) is 6.97. The van der Waals surface area contributed by atoms with Crippen molar-refractivity contribution in [1.29, 1.82) is 0 Å². The van der Waals surface area contributed by atoms with Gasteiger partial charge in [-0.15, -0.1) is 0 Å². The Morgan fingerprint density at radius 3 is 2.59 bits per heavy atom. The molecule has 1 atom stereocenters. The van der Waals surface area contributed by atoms with Crippen molar-refractivity contribution in [3.8, 4) is 22.4 Å². The number of imidazole rings is 1. The summed E-state index contributed by atoms with van der Waals surface area (Å²) in [5.74, 6) is -1.37. The molecule has 0 saturated heterocycles. The molecule has 0 fully saturated rings. The Kier molecular flexibility index (Phi) is 5.15. The summed E-state index contributed by atoms with van der Waals surface area (Å²) in [6, 6.07) is 11.9. The monoisotopic (exact) mass is 518 g/mol. The smallest absolute Gasteiger partial charge is 0.197 e. The van der Waals surface area contributed by atoms with Crippen LogP contribution in [0.25, 0.3) is 55.5 Å². The molecule has 0 radical (unpaired) electrons. The van der Waals surface area contributed by atoms with Crippen molar-refractivity contribution >= 4 is 33.1 Å². The lowest BCUT2D eigenvalue weighted by atomic mass is 10.0. The van der Waals surface area contributed by atoms with Gasteiger partial charge in [0, 0.05) is 64.7 Å². The van der Waals surface area contributed by atoms with Gasteiger partial charge in [0.2, 0.25) is 0 Å². The van der Waals surface area contributed by atoms with Gasteiger partial charge in [-0.05, 0) is 25.1 Å². The van der Waals surface area contributed by atoms with Crippen molar-refractivity contribution in [3.05, 3.63) is 97.0 Å². The van der Waals surface area contributed by atoms with Crippen LogP contribution in [0.3, 0.4) is 0 Å². The van der Waals surface area contributed by atoms with E-state index in [1.165, 1.54) is 12.4 Å². The van der Waals surface area contributed by atoms with Gasteiger partial charge in [0.25, 0.3) is 0 Å². The van der Waals surface area contributed by atoms with Gasteiger partial charge in [0.15, 0.2) is 11.3 Å². The van der Waals surface area contributed by atoms with Crippen LogP contribution in [0.4, 0.5) is 8.78 Å². The zero-order valence-corrected chi connectivity index (χ0v) is 20.9. The molecule has 0 aliphatic heterocycles. The predicted octanol–water partition coefficient (Wildman–Crippen LogP) is 5.88. The molecular weight excluding hydrogens is 498 g/mol. The maximum absolute atomic E-state index is 16.0. The minimum Gasteiger partial charge on any atom is -0.306 e. The molecule has 190 valence electrons. The Morgan fingerprint density at radius 2 is 1.74 bits per heavy atom. The van der Waals surface area contributed by atoms with E-state index in [0.29, 0.717) is 22.6 Å². The Balaban J connectivity index is 1.33. The summed E-state index contributed by atoms with van der Waals surface area (Å²) in [7, 11) is 1.80. The molecule has 0 spiro atoms. The lowest BCUT2D eigenvalue weighted by Crippen LogP contribution is -2.11. The van der Waals surface area contributed by atoms with E-state index < -0.39 is 17.7 Å². The topological polar surface area (TPSA) is 87.2 Å². The SMILES string of the molecule is CC(c1c(F)cc2ncc(-c3cnn(C)c3)cc2c1F)n1cnc2ncc(-c3ccc4cccnc4c3)nc21. The first-order chi connectivity index (χ1) is 19.0. The molecule has 10 heteroatoms. The molecule has 0 saturated carbocycles. The molecule has 0 bridgehead atoms. The van der Waals surface area contributed by atoms with Crippen LogP contribution < -0.4 is 0 Å². The number of benzene rings is 2. The van der Waals surface area contributed by atoms with Crippen molar-refractivity contribution in [1.82, 2.24) is 39.3 Å². The molecule has 0 aliphatic carbocycles. The van der Waals surface area contributed by atoms with Gasteiger partial charge in [0.05, 0.1) is 41.5 Å². The van der Waals surface area contributed by atoms with E-state index >= 15 is 8.78 Å². The van der Waals surface area contributed by atoms with Crippen LogP contribution in [-0.4, -0.2) is 39.3 Å². The molecule has 39 heavy (non-hydrogen) atoms. The Bertz CT molecular complexity index is 2050. The largest absolute Gasteiger partial charge is 0.306 e. The fraction of sp³-hybridized carbons (Fsp3) is 0.103. The Morgan fingerprint density at radius 1 is 0.846 bits per heavy atom. The van der Waals surface area contributed by atoms with E-state index in [0.717, 1.165) is 22.0 Å². The van der Waals surface area contributed by atoms with Gasteiger partial charge in [0.1, 0.15) is 11.6 Å². The van der Waals surface area contributed by atoms with E-state index in [2.05, 4.69) is 25.0 Å². The minimum absolute atomic E-state index is 0.103. The highest BCUT2D eigenvalue weighted by molar-refractivity contribution is 5.86. The number of rotatable bonds is 4. The first-order valence-corrected chi connectivity index (χ1v) is 12.3. The maximum Gasteiger partial charge on any atom is 0.197 e. The number of nitrogens with zero attached hydrogens (tertiary/aromatic N) is 8. The molecule has 1 unspecified atom stereocenters. The number of hydrogen-bond donors (Lipinski definition) is 0. The van der Waals surface area contributed by atoms with Crippen LogP contribution in [0, 0.1) is 11.6 Å². The minimum atomic E-state index is -0.760. The molecule has 0 N–H and O–H groups in total. The van der Waals surface area contributed by atoms with Gasteiger partial charge in [-0.3, -0.25) is 14.6 Å². The fourth-order valence-corrected chi connectivity index (χ4v) is 4.92. The summed E-state index contributed by atoms with van der Waals surface area (Å²) in [6.07, 6.45) is 9.95. The third-order valence-electron chi connectivity index (χ3n) is 6.97. The first-order valence-electron chi connectivity index (χ1n) is 12.3. The van der Waals surface area contributed by atoms with Gasteiger partial charge < -0.3 is 4.57 Å². The van der Waals surface area contributed by atoms with E-state index in [1.54, 1.807) is 54.1 Å². The number of aromatic nitrogens is 8. The number of hydrogen-bond acceptors (Lipinski definition) is 6. The summed E-state index contributed by atoms with van der Waals surface area (Å²) in [5, 5.41) is 5.40. The van der Waals surface area contributed by atoms with Crippen molar-refractivity contribution < 1.29 is 8.78 Å². The molecular formula is C29H20F2N8. The Hall–Kier alpha value is -5.12. The number of fused-ring (bicyclic) bond motifs is 3. The highest BCUT2D eigenvalue weighted by Gasteiger charge is 2.24. The van der Waals surface area contributed by atoms with Crippen LogP contribution >= 0.6 is 0 Å². The second kappa shape index (κ2) is 8.73. The zero-order chi connectivity index (χ0) is 26.7. The van der Waals surface area contributed by atoms with Crippen LogP contribution in [0.2, 0.25) is 0 Å². The lowest BCUT2D eigenvalue weighted by molar-refractivity contribution is 0.517. The molecule has 7 aromatic rings. The second-order valence-corrected chi connectivity index (χ2v) is 9.42. The van der Waals surface area contributed by atoms with Gasteiger partial charge in [-0.1, -0.05) is 18.2 Å². The van der Waals surface area contributed by atoms with Gasteiger partial charge in [-0.25, -0.2) is 23.7 Å². The molecule has 0 amide bonds. The number of halogens is 2. The summed E-state index contributed by atoms with van der Waals surface area (Å²) < 4.78 is 34.7. The second-order valence-electron chi connectivity index (χ2n) is 9.42. The molecule has 2 aromatic carbocycles. The first kappa shape index (κ1) is 23.0. The van der Waals surface area contributed by atoms with Crippen LogP contribution in [0.15, 0.2) is 79.8 Å². The van der Waals surface area contributed by atoms with Gasteiger partial charge in [-0.2, -0.15) is 5.10 Å². The Labute approximate surface area is 220 Å². The highest BCUT2D eigenvalue weighted by atomic mass is 19.1. The average molecular weight is 519 g/mol. The maximum atomic E-state index is 16.0. The normalized spacial score (nSPS) is 12.5. The molecule has 5 aromatic heterocycles. The van der Waals surface area contributed by atoms with Crippen molar-refractivity contribution in [2.75, 3.05) is 0 Å². The van der Waals surface area contributed by atoms with Gasteiger partial charge >= 0.3 is 0 Å². The highest BCUT2D eigenvalue weighted by Crippen LogP contribution is 2.33. The number of aryl methyl sites for hydroxylation is 1. The molecule has 7 rings (SSSR count). The molecule has 8 nitrogen and oxygen atoms in total. The van der Waals surface area contributed by atoms with E-state index in [-0.39, 0.29) is 16.5 Å². The summed E-state index contributed by atoms with van der Waals surface area (Å²) in [5.41, 5.74) is 4.67. The lowest BCUT2D eigenvalue weighted by Gasteiger charge is -2.17. The summed E-state index contributed by atoms with van der Waals surface area (Å²) in [6.45, 7) is 1.71. The quantitative estimate of drug-likeness (QED) is 0.289.